The average Bonchev–Trinajstić information content (AvgIpc) is 2.70. The molecule has 1 aromatic carbocycles. The third-order valence-corrected chi connectivity index (χ3v) is 2.27. The molecule has 1 aliphatic rings. The molecule has 4 heteroatoms. The summed E-state index contributed by atoms with van der Waals surface area (Å²) in [6, 6.07) is 7.30. The van der Waals surface area contributed by atoms with Gasteiger partial charge in [-0.25, -0.2) is 0 Å². The Hall–Kier alpha value is -1.39. The van der Waals surface area contributed by atoms with Crippen LogP contribution in [0.15, 0.2) is 24.3 Å². The van der Waals surface area contributed by atoms with Crippen LogP contribution in [-0.2, 0) is 20.7 Å². The molecule has 1 aromatic rings. The van der Waals surface area contributed by atoms with Gasteiger partial charge < -0.3 is 14.6 Å². The second-order valence-electron chi connectivity index (χ2n) is 3.34. The van der Waals surface area contributed by atoms with Gasteiger partial charge in [0.1, 0.15) is 0 Å². The maximum Gasteiger partial charge on any atom is 0.307 e. The van der Waals surface area contributed by atoms with Crippen LogP contribution in [0, 0.1) is 0 Å². The van der Waals surface area contributed by atoms with Crippen LogP contribution < -0.4 is 0 Å². The molecular formula is C11H12O4. The smallest absolute Gasteiger partial charge is 0.307 e. The van der Waals surface area contributed by atoms with E-state index in [4.69, 9.17) is 14.6 Å². The number of carboxylic acid groups (broad SMARTS) is 1. The Bertz CT molecular complexity index is 355. The highest BCUT2D eigenvalue weighted by atomic mass is 16.7. The van der Waals surface area contributed by atoms with E-state index in [1.165, 1.54) is 0 Å². The van der Waals surface area contributed by atoms with Crippen LogP contribution in [0.3, 0.4) is 0 Å². The summed E-state index contributed by atoms with van der Waals surface area (Å²) in [5.41, 5.74) is 1.56. The Morgan fingerprint density at radius 3 is 2.67 bits per heavy atom. The fraction of sp³-hybridized carbons (Fsp3) is 0.364. The summed E-state index contributed by atoms with van der Waals surface area (Å²) >= 11 is 0. The highest BCUT2D eigenvalue weighted by Gasteiger charge is 2.21. The first kappa shape index (κ1) is 10.1. The fourth-order valence-corrected chi connectivity index (χ4v) is 1.63. The van der Waals surface area contributed by atoms with Crippen LogP contribution in [0.25, 0.3) is 0 Å². The van der Waals surface area contributed by atoms with Gasteiger partial charge in [-0.2, -0.15) is 0 Å². The highest BCUT2D eigenvalue weighted by molar-refractivity contribution is 5.70. The molecule has 2 rings (SSSR count). The van der Waals surface area contributed by atoms with Crippen LogP contribution in [-0.4, -0.2) is 24.3 Å². The van der Waals surface area contributed by atoms with Crippen molar-refractivity contribution >= 4 is 5.97 Å². The quantitative estimate of drug-likeness (QED) is 0.763. The summed E-state index contributed by atoms with van der Waals surface area (Å²) in [5.74, 6) is -0.847. The van der Waals surface area contributed by atoms with Crippen LogP contribution in [0.4, 0.5) is 0 Å². The molecule has 1 N–H and O–H groups in total. The molecule has 0 spiro atoms. The molecule has 1 saturated heterocycles. The Labute approximate surface area is 87.4 Å². The normalized spacial score (nSPS) is 16.8. The van der Waals surface area contributed by atoms with Gasteiger partial charge in [0.15, 0.2) is 6.29 Å². The van der Waals surface area contributed by atoms with Crippen molar-refractivity contribution in [1.29, 1.82) is 0 Å². The SMILES string of the molecule is O=[13C](O)Cc1ccccc1C1OCCO1. The van der Waals surface area contributed by atoms with Crippen LogP contribution in [0.5, 0.6) is 0 Å². The first-order chi connectivity index (χ1) is 7.27. The Balaban J connectivity index is 2.24. The summed E-state index contributed by atoms with van der Waals surface area (Å²) in [6.07, 6.45) is -0.403. The van der Waals surface area contributed by atoms with E-state index in [0.717, 1.165) is 11.1 Å². The summed E-state index contributed by atoms with van der Waals surface area (Å²) in [4.78, 5) is 10.7. The average molecular weight is 209 g/mol. The molecule has 0 aromatic heterocycles. The molecule has 0 amide bonds. The lowest BCUT2D eigenvalue weighted by Gasteiger charge is -2.13. The van der Waals surface area contributed by atoms with Crippen molar-refractivity contribution in [3.8, 4) is 0 Å². The Morgan fingerprint density at radius 1 is 1.33 bits per heavy atom. The molecule has 0 unspecified atom stereocenters. The number of benzene rings is 1. The first-order valence-electron chi connectivity index (χ1n) is 4.80. The molecule has 80 valence electrons. The van der Waals surface area contributed by atoms with Gasteiger partial charge in [-0.05, 0) is 5.56 Å². The zero-order chi connectivity index (χ0) is 10.7. The van der Waals surface area contributed by atoms with E-state index in [1.54, 1.807) is 6.07 Å². The van der Waals surface area contributed by atoms with E-state index in [0.29, 0.717) is 13.2 Å². The van der Waals surface area contributed by atoms with Crippen molar-refractivity contribution in [1.82, 2.24) is 0 Å². The van der Waals surface area contributed by atoms with E-state index in [2.05, 4.69) is 0 Å². The first-order valence-corrected chi connectivity index (χ1v) is 4.80. The lowest BCUT2D eigenvalue weighted by Crippen LogP contribution is -2.07. The molecule has 1 aliphatic heterocycles. The number of rotatable bonds is 3. The van der Waals surface area contributed by atoms with Crippen molar-refractivity contribution in [2.45, 2.75) is 12.7 Å². The van der Waals surface area contributed by atoms with Crippen LogP contribution in [0.2, 0.25) is 0 Å². The van der Waals surface area contributed by atoms with E-state index in [1.807, 2.05) is 18.2 Å². The molecule has 0 radical (unpaired) electrons. The zero-order valence-corrected chi connectivity index (χ0v) is 8.18. The van der Waals surface area contributed by atoms with Gasteiger partial charge >= 0.3 is 5.97 Å². The molecular weight excluding hydrogens is 197 g/mol. The van der Waals surface area contributed by atoms with Gasteiger partial charge in [-0.3, -0.25) is 4.79 Å². The molecule has 0 atom stereocenters. The molecule has 15 heavy (non-hydrogen) atoms. The number of aliphatic carboxylic acids is 1. The minimum absolute atomic E-state index is 0.000602. The maximum absolute atomic E-state index is 10.7. The monoisotopic (exact) mass is 209 g/mol. The molecule has 4 nitrogen and oxygen atoms in total. The van der Waals surface area contributed by atoms with Gasteiger partial charge in [-0.15, -0.1) is 0 Å². The highest BCUT2D eigenvalue weighted by Crippen LogP contribution is 2.26. The van der Waals surface area contributed by atoms with E-state index in [-0.39, 0.29) is 6.42 Å². The van der Waals surface area contributed by atoms with Gasteiger partial charge in [0.25, 0.3) is 0 Å². The Kier molecular flexibility index (Phi) is 2.99. The van der Waals surface area contributed by atoms with Crippen molar-refractivity contribution in [2.24, 2.45) is 0 Å². The third-order valence-electron chi connectivity index (χ3n) is 2.27. The summed E-state index contributed by atoms with van der Waals surface area (Å²) in [6.45, 7) is 1.12. The zero-order valence-electron chi connectivity index (χ0n) is 8.18. The van der Waals surface area contributed by atoms with Gasteiger partial charge in [-0.1, -0.05) is 24.3 Å². The Morgan fingerprint density at radius 2 is 2.00 bits per heavy atom. The van der Waals surface area contributed by atoms with Crippen molar-refractivity contribution < 1.29 is 19.4 Å². The molecule has 1 fully saturated rings. The molecule has 0 aliphatic carbocycles. The van der Waals surface area contributed by atoms with Crippen molar-refractivity contribution in [3.63, 3.8) is 0 Å². The summed E-state index contributed by atoms with van der Waals surface area (Å²) in [7, 11) is 0. The second kappa shape index (κ2) is 4.42. The second-order valence-corrected chi connectivity index (χ2v) is 3.34. The van der Waals surface area contributed by atoms with Crippen molar-refractivity contribution in [3.05, 3.63) is 35.4 Å². The lowest BCUT2D eigenvalue weighted by atomic mass is 10.1. The minimum Gasteiger partial charge on any atom is -0.481 e. The number of carbonyl (C=O) groups is 1. The molecule has 0 saturated carbocycles. The minimum atomic E-state index is -0.847. The van der Waals surface area contributed by atoms with Crippen LogP contribution in [0.1, 0.15) is 17.4 Å². The summed E-state index contributed by atoms with van der Waals surface area (Å²) < 4.78 is 10.7. The molecule has 0 bridgehead atoms. The summed E-state index contributed by atoms with van der Waals surface area (Å²) in [5, 5.41) is 8.75. The predicted molar refractivity (Wildman–Crippen MR) is 52.4 cm³/mol. The number of carboxylic acids is 1. The number of ether oxygens (including phenoxy) is 2. The third kappa shape index (κ3) is 2.34. The van der Waals surface area contributed by atoms with Gasteiger partial charge in [0, 0.05) is 5.56 Å². The van der Waals surface area contributed by atoms with E-state index < -0.39 is 12.3 Å². The standard InChI is InChI=1S/C11H12O4/c12-10(13)7-8-3-1-2-4-9(8)11-14-5-6-15-11/h1-4,11H,5-7H2,(H,12,13)/i10+1. The van der Waals surface area contributed by atoms with Crippen molar-refractivity contribution in [2.75, 3.05) is 13.2 Å². The number of hydrogen-bond donors (Lipinski definition) is 1. The van der Waals surface area contributed by atoms with Gasteiger partial charge in [0.2, 0.25) is 0 Å². The maximum atomic E-state index is 10.7. The topological polar surface area (TPSA) is 55.8 Å². The predicted octanol–water partition coefficient (Wildman–Crippen LogP) is 1.36. The fourth-order valence-electron chi connectivity index (χ4n) is 1.63. The van der Waals surface area contributed by atoms with Crippen LogP contribution >= 0.6 is 0 Å². The largest absolute Gasteiger partial charge is 0.481 e. The van der Waals surface area contributed by atoms with E-state index in [9.17, 15) is 4.79 Å². The van der Waals surface area contributed by atoms with Gasteiger partial charge in [0.05, 0.1) is 19.6 Å². The lowest BCUT2D eigenvalue weighted by molar-refractivity contribution is -0.136. The number of hydrogen-bond acceptors (Lipinski definition) is 3. The molecule has 1 heterocycles. The van der Waals surface area contributed by atoms with E-state index >= 15 is 0 Å².